The van der Waals surface area contributed by atoms with Crippen LogP contribution in [-0.4, -0.2) is 62.1 Å². The molecule has 0 amide bonds. The number of hydrogen-bond donors (Lipinski definition) is 2. The molecule has 4 aromatic rings. The number of nitrogens with one attached hydrogen (secondary N) is 1. The molecule has 0 radical (unpaired) electrons. The van der Waals surface area contributed by atoms with E-state index in [9.17, 15) is 9.90 Å². The highest BCUT2D eigenvalue weighted by Crippen LogP contribution is 2.41. The van der Waals surface area contributed by atoms with E-state index in [2.05, 4.69) is 68.4 Å². The Balaban J connectivity index is 1.50. The van der Waals surface area contributed by atoms with E-state index in [0.29, 0.717) is 5.82 Å². The Kier molecular flexibility index (Phi) is 9.85. The molecule has 2 N–H and O–H groups in total. The van der Waals surface area contributed by atoms with Crippen molar-refractivity contribution >= 4 is 14.1 Å². The van der Waals surface area contributed by atoms with Crippen LogP contribution in [0.25, 0.3) is 0 Å². The summed E-state index contributed by atoms with van der Waals surface area (Å²) in [6.45, 7) is 11.0. The number of aliphatic hydroxyl groups excluding tert-OH is 1. The zero-order valence-corrected chi connectivity index (χ0v) is 28.6. The topological polar surface area (TPSA) is 104 Å². The maximum atomic E-state index is 13.7. The largest absolute Gasteiger partial charge is 0.497 e. The van der Waals surface area contributed by atoms with Crippen molar-refractivity contribution in [3.63, 3.8) is 0 Å². The highest BCUT2D eigenvalue weighted by atomic mass is 28.4. The van der Waals surface area contributed by atoms with E-state index >= 15 is 0 Å². The van der Waals surface area contributed by atoms with Gasteiger partial charge in [-0.2, -0.15) is 4.98 Å². The molecule has 1 aliphatic rings. The standard InChI is InChI=1S/C36H45N3O6Si/c1-35(2,3)46(6,7)44-24-29-31(40)32(43-5)33(45-29)39-23-22-30(37-34(39)41)38-36(25-14-10-8-11-15-25,26-16-12-9-13-17-26)27-18-20-28(42-4)21-19-27/h8-23,29,31-33,40H,24H2,1-7H3,(H,37,38,41)/t29-,31+,32?,33-/m1/s1. The number of rotatable bonds is 11. The maximum Gasteiger partial charge on any atom is 0.351 e. The molecule has 46 heavy (non-hydrogen) atoms. The first-order chi connectivity index (χ1) is 21.9. The first-order valence-corrected chi connectivity index (χ1v) is 18.5. The number of ether oxygens (including phenoxy) is 3. The van der Waals surface area contributed by atoms with Crippen molar-refractivity contribution in [1.82, 2.24) is 9.55 Å². The third kappa shape index (κ3) is 6.54. The van der Waals surface area contributed by atoms with Crippen LogP contribution in [-0.2, 0) is 19.4 Å². The highest BCUT2D eigenvalue weighted by Gasteiger charge is 2.47. The van der Waals surface area contributed by atoms with E-state index in [-0.39, 0.29) is 11.6 Å². The minimum Gasteiger partial charge on any atom is -0.497 e. The van der Waals surface area contributed by atoms with Crippen LogP contribution in [0.15, 0.2) is 102 Å². The number of hydrogen-bond acceptors (Lipinski definition) is 8. The van der Waals surface area contributed by atoms with E-state index in [1.807, 2.05) is 60.7 Å². The van der Waals surface area contributed by atoms with Gasteiger partial charge in [-0.3, -0.25) is 4.57 Å². The summed E-state index contributed by atoms with van der Waals surface area (Å²) in [7, 11) is 1.04. The van der Waals surface area contributed by atoms with E-state index in [4.69, 9.17) is 18.6 Å². The fourth-order valence-corrected chi connectivity index (χ4v) is 6.66. The molecule has 0 saturated carbocycles. The molecule has 10 heteroatoms. The summed E-state index contributed by atoms with van der Waals surface area (Å²) in [6.07, 6.45) is -1.67. The fraction of sp³-hybridized carbons (Fsp3) is 0.389. The third-order valence-corrected chi connectivity index (χ3v) is 13.9. The smallest absolute Gasteiger partial charge is 0.351 e. The Morgan fingerprint density at radius 2 is 1.46 bits per heavy atom. The third-order valence-electron chi connectivity index (χ3n) is 9.36. The van der Waals surface area contributed by atoms with Crippen LogP contribution in [0.5, 0.6) is 5.75 Å². The number of nitrogens with zero attached hydrogens (tertiary/aromatic N) is 2. The lowest BCUT2D eigenvalue weighted by molar-refractivity contribution is -0.0612. The average molecular weight is 644 g/mol. The molecular formula is C36H45N3O6Si. The number of anilines is 1. The Morgan fingerprint density at radius 1 is 0.891 bits per heavy atom. The average Bonchev–Trinajstić information content (AvgIpc) is 3.37. The lowest BCUT2D eigenvalue weighted by Gasteiger charge is -2.37. The zero-order valence-electron chi connectivity index (χ0n) is 27.6. The van der Waals surface area contributed by atoms with Gasteiger partial charge in [0, 0.05) is 13.3 Å². The van der Waals surface area contributed by atoms with E-state index in [1.54, 1.807) is 19.4 Å². The molecule has 1 saturated heterocycles. The van der Waals surface area contributed by atoms with Crippen molar-refractivity contribution in [2.45, 2.75) is 69.0 Å². The van der Waals surface area contributed by atoms with Crippen molar-refractivity contribution in [3.05, 3.63) is 124 Å². The predicted octanol–water partition coefficient (Wildman–Crippen LogP) is 5.95. The van der Waals surface area contributed by atoms with Crippen LogP contribution < -0.4 is 15.7 Å². The molecule has 3 aromatic carbocycles. The van der Waals surface area contributed by atoms with Gasteiger partial charge in [0.1, 0.15) is 35.4 Å². The van der Waals surface area contributed by atoms with Crippen molar-refractivity contribution in [2.75, 3.05) is 26.1 Å². The SMILES string of the molecule is COc1ccc(C(Nc2ccn([C@@H]3O[C@H](CO[Si](C)(C)C(C)(C)C)[C@H](O)C3OC)c(=O)n2)(c2ccccc2)c2ccccc2)cc1. The Bertz CT molecular complexity index is 1600. The Labute approximate surface area is 272 Å². The number of benzene rings is 3. The van der Waals surface area contributed by atoms with Gasteiger partial charge in [0.2, 0.25) is 0 Å². The van der Waals surface area contributed by atoms with Crippen LogP contribution >= 0.6 is 0 Å². The molecule has 244 valence electrons. The van der Waals surface area contributed by atoms with Crippen LogP contribution in [0.1, 0.15) is 43.7 Å². The molecule has 1 aromatic heterocycles. The second-order valence-corrected chi connectivity index (χ2v) is 18.0. The lowest BCUT2D eigenvalue weighted by atomic mass is 9.77. The summed E-state index contributed by atoms with van der Waals surface area (Å²) in [5, 5.41) is 14.8. The normalized spacial score (nSPS) is 20.4. The van der Waals surface area contributed by atoms with Crippen molar-refractivity contribution in [2.24, 2.45) is 0 Å². The van der Waals surface area contributed by atoms with Crippen LogP contribution in [0.4, 0.5) is 5.82 Å². The zero-order chi connectivity index (χ0) is 33.1. The monoisotopic (exact) mass is 643 g/mol. The molecule has 0 aliphatic carbocycles. The number of aromatic nitrogens is 2. The van der Waals surface area contributed by atoms with Gasteiger partial charge in [-0.15, -0.1) is 0 Å². The first-order valence-electron chi connectivity index (χ1n) is 15.5. The van der Waals surface area contributed by atoms with E-state index in [1.165, 1.54) is 11.7 Å². The van der Waals surface area contributed by atoms with Gasteiger partial charge in [-0.05, 0) is 53.0 Å². The van der Waals surface area contributed by atoms with Crippen LogP contribution in [0.3, 0.4) is 0 Å². The van der Waals surface area contributed by atoms with Crippen LogP contribution in [0.2, 0.25) is 18.1 Å². The van der Waals surface area contributed by atoms with Gasteiger partial charge in [0.05, 0.1) is 13.7 Å². The van der Waals surface area contributed by atoms with Gasteiger partial charge in [-0.25, -0.2) is 4.79 Å². The van der Waals surface area contributed by atoms with Gasteiger partial charge < -0.3 is 29.1 Å². The quantitative estimate of drug-likeness (QED) is 0.153. The van der Waals surface area contributed by atoms with E-state index in [0.717, 1.165) is 22.4 Å². The first kappa shape index (κ1) is 33.6. The molecule has 2 heterocycles. The lowest BCUT2D eigenvalue weighted by Crippen LogP contribution is -2.44. The van der Waals surface area contributed by atoms with E-state index < -0.39 is 44.1 Å². The summed E-state index contributed by atoms with van der Waals surface area (Å²) in [5.41, 5.74) is 1.41. The second-order valence-electron chi connectivity index (χ2n) is 13.2. The van der Waals surface area contributed by atoms with Crippen LogP contribution in [0, 0.1) is 0 Å². The molecule has 5 rings (SSSR count). The van der Waals surface area contributed by atoms with Gasteiger partial charge in [-0.1, -0.05) is 93.6 Å². The predicted molar refractivity (Wildman–Crippen MR) is 182 cm³/mol. The Hall–Kier alpha value is -3.80. The summed E-state index contributed by atoms with van der Waals surface area (Å²) in [6, 6.07) is 29.7. The number of methoxy groups -OCH3 is 2. The second kappa shape index (κ2) is 13.5. The minimum absolute atomic E-state index is 0.000838. The summed E-state index contributed by atoms with van der Waals surface area (Å²) in [4.78, 5) is 18.2. The molecule has 4 atom stereocenters. The minimum atomic E-state index is -2.09. The molecule has 0 spiro atoms. The van der Waals surface area contributed by atoms with Gasteiger partial charge >= 0.3 is 5.69 Å². The molecule has 0 bridgehead atoms. The van der Waals surface area contributed by atoms with Crippen molar-refractivity contribution < 1.29 is 23.7 Å². The Morgan fingerprint density at radius 3 is 1.96 bits per heavy atom. The summed E-state index contributed by atoms with van der Waals surface area (Å²) in [5.74, 6) is 1.11. The fourth-order valence-electron chi connectivity index (χ4n) is 5.64. The molecule has 1 fully saturated rings. The number of aliphatic hydroxyl groups is 1. The molecule has 1 aliphatic heterocycles. The molecule has 1 unspecified atom stereocenters. The highest BCUT2D eigenvalue weighted by molar-refractivity contribution is 6.74. The molecular weight excluding hydrogens is 598 g/mol. The van der Waals surface area contributed by atoms with Crippen molar-refractivity contribution in [1.29, 1.82) is 0 Å². The van der Waals surface area contributed by atoms with Crippen molar-refractivity contribution in [3.8, 4) is 5.75 Å². The van der Waals surface area contributed by atoms with Gasteiger partial charge in [0.25, 0.3) is 0 Å². The van der Waals surface area contributed by atoms with Gasteiger partial charge in [0.15, 0.2) is 14.5 Å². The summed E-state index contributed by atoms with van der Waals surface area (Å²) >= 11 is 0. The summed E-state index contributed by atoms with van der Waals surface area (Å²) < 4.78 is 25.0. The molecule has 9 nitrogen and oxygen atoms in total. The maximum absolute atomic E-state index is 13.7.